The number of nitrogens with zero attached hydrogens (tertiary/aromatic N) is 1. The largest absolute Gasteiger partial charge is 0.497 e. The van der Waals surface area contributed by atoms with Crippen LogP contribution in [0.2, 0.25) is 0 Å². The number of ether oxygens (including phenoxy) is 1. The summed E-state index contributed by atoms with van der Waals surface area (Å²) in [5.74, 6) is 2.42. The van der Waals surface area contributed by atoms with Crippen molar-refractivity contribution < 1.29 is 9.53 Å². The summed E-state index contributed by atoms with van der Waals surface area (Å²) in [7, 11) is 1.69. The van der Waals surface area contributed by atoms with Crippen LogP contribution in [-0.2, 0) is 11.2 Å². The monoisotopic (exact) mass is 311 g/mol. The molecule has 3 aliphatic carbocycles. The molecule has 4 aliphatic rings. The predicted molar refractivity (Wildman–Crippen MR) is 90.3 cm³/mol. The zero-order chi connectivity index (χ0) is 15.8. The molecule has 3 nitrogen and oxygen atoms in total. The second-order valence-corrected chi connectivity index (χ2v) is 7.19. The summed E-state index contributed by atoms with van der Waals surface area (Å²) < 4.78 is 5.25. The van der Waals surface area contributed by atoms with Gasteiger partial charge in [-0.05, 0) is 73.6 Å². The van der Waals surface area contributed by atoms with Crippen molar-refractivity contribution in [3.05, 3.63) is 41.0 Å². The summed E-state index contributed by atoms with van der Waals surface area (Å²) in [6, 6.07) is 8.59. The van der Waals surface area contributed by atoms with Gasteiger partial charge in [0.1, 0.15) is 5.75 Å². The highest BCUT2D eigenvalue weighted by Crippen LogP contribution is 2.50. The fraction of sp³-hybridized carbons (Fsp3) is 0.550. The lowest BCUT2D eigenvalue weighted by Gasteiger charge is -2.49. The summed E-state index contributed by atoms with van der Waals surface area (Å²) in [4.78, 5) is 13.7. The molecule has 1 atom stereocenters. The predicted octanol–water partition coefficient (Wildman–Crippen LogP) is 3.59. The van der Waals surface area contributed by atoms with Crippen LogP contribution in [0.1, 0.15) is 37.7 Å². The van der Waals surface area contributed by atoms with Gasteiger partial charge in [0, 0.05) is 6.54 Å². The summed E-state index contributed by atoms with van der Waals surface area (Å²) in [6.07, 6.45) is 8.52. The van der Waals surface area contributed by atoms with Crippen molar-refractivity contribution in [2.75, 3.05) is 13.7 Å². The van der Waals surface area contributed by atoms with E-state index in [0.717, 1.165) is 43.4 Å². The minimum atomic E-state index is 0.276. The van der Waals surface area contributed by atoms with Gasteiger partial charge in [-0.3, -0.25) is 4.79 Å². The Hall–Kier alpha value is -1.77. The molecule has 23 heavy (non-hydrogen) atoms. The number of methoxy groups -OCH3 is 1. The Morgan fingerprint density at radius 3 is 2.48 bits per heavy atom. The molecule has 1 aliphatic heterocycles. The maximum absolute atomic E-state index is 11.6. The summed E-state index contributed by atoms with van der Waals surface area (Å²) in [5.41, 5.74) is 4.63. The number of benzene rings is 1. The molecule has 0 aromatic heterocycles. The molecule has 1 amide bonds. The lowest BCUT2D eigenvalue weighted by atomic mass is 9.62. The van der Waals surface area contributed by atoms with Crippen LogP contribution in [0.25, 0.3) is 0 Å². The smallest absolute Gasteiger partial charge is 0.210 e. The number of fused-ring (bicyclic) bond motifs is 2. The van der Waals surface area contributed by atoms with Crippen molar-refractivity contribution in [1.29, 1.82) is 0 Å². The Bertz CT molecular complexity index is 611. The van der Waals surface area contributed by atoms with Gasteiger partial charge in [-0.2, -0.15) is 0 Å². The number of hydrogen-bond donors (Lipinski definition) is 0. The first-order chi connectivity index (χ1) is 11.3. The standard InChI is InChI=1S/C20H25NO2/c1-23-17-8-2-14(3-9-17)12-19-20-16-6-4-15(5-7-16)18(20)10-11-21(19)13-22/h2-3,8-9,13,15-16,19H,4-7,10-12H2,1H3. The van der Waals surface area contributed by atoms with Gasteiger partial charge in [0.25, 0.3) is 0 Å². The molecule has 2 bridgehead atoms. The zero-order valence-electron chi connectivity index (χ0n) is 13.8. The lowest BCUT2D eigenvalue weighted by molar-refractivity contribution is -0.120. The van der Waals surface area contributed by atoms with E-state index in [0.29, 0.717) is 0 Å². The van der Waals surface area contributed by atoms with Crippen molar-refractivity contribution in [1.82, 2.24) is 4.90 Å². The molecule has 1 heterocycles. The average Bonchev–Trinajstić information content (AvgIpc) is 2.63. The van der Waals surface area contributed by atoms with Crippen LogP contribution in [-0.4, -0.2) is 31.0 Å². The third kappa shape index (κ3) is 2.56. The normalized spacial score (nSPS) is 29.4. The average molecular weight is 311 g/mol. The lowest BCUT2D eigenvalue weighted by Crippen LogP contribution is -2.47. The Morgan fingerprint density at radius 2 is 1.83 bits per heavy atom. The van der Waals surface area contributed by atoms with Gasteiger partial charge in [-0.25, -0.2) is 0 Å². The quantitative estimate of drug-likeness (QED) is 0.628. The first-order valence-electron chi connectivity index (χ1n) is 8.87. The highest BCUT2D eigenvalue weighted by atomic mass is 16.5. The first kappa shape index (κ1) is 14.8. The van der Waals surface area contributed by atoms with E-state index in [4.69, 9.17) is 4.74 Å². The van der Waals surface area contributed by atoms with Crippen molar-refractivity contribution in [3.63, 3.8) is 0 Å². The van der Waals surface area contributed by atoms with Gasteiger partial charge in [0.05, 0.1) is 13.2 Å². The van der Waals surface area contributed by atoms with Crippen LogP contribution in [0.3, 0.4) is 0 Å². The first-order valence-corrected chi connectivity index (χ1v) is 8.87. The SMILES string of the molecule is COc1ccc(CC2C3=C(CCN2C=O)C2CCC3CC2)cc1. The molecule has 1 aromatic rings. The van der Waals surface area contributed by atoms with Gasteiger partial charge in [-0.1, -0.05) is 17.7 Å². The van der Waals surface area contributed by atoms with Crippen LogP contribution < -0.4 is 4.74 Å². The third-order valence-corrected chi connectivity index (χ3v) is 6.15. The zero-order valence-corrected chi connectivity index (χ0v) is 13.8. The minimum absolute atomic E-state index is 0.276. The van der Waals surface area contributed by atoms with Crippen LogP contribution in [0.5, 0.6) is 5.75 Å². The number of hydrogen-bond acceptors (Lipinski definition) is 2. The van der Waals surface area contributed by atoms with Gasteiger partial charge in [0.15, 0.2) is 0 Å². The molecule has 1 saturated carbocycles. The highest BCUT2D eigenvalue weighted by Gasteiger charge is 2.41. The molecule has 1 unspecified atom stereocenters. The van der Waals surface area contributed by atoms with E-state index in [1.165, 1.54) is 31.2 Å². The van der Waals surface area contributed by atoms with E-state index in [9.17, 15) is 4.79 Å². The molecule has 0 spiro atoms. The molecule has 0 saturated heterocycles. The maximum atomic E-state index is 11.6. The summed E-state index contributed by atoms with van der Waals surface area (Å²) in [6.45, 7) is 0.895. The molecule has 1 fully saturated rings. The van der Waals surface area contributed by atoms with Crippen LogP contribution in [0.4, 0.5) is 0 Å². The number of carbonyl (C=O) groups excluding carboxylic acids is 1. The van der Waals surface area contributed by atoms with Crippen LogP contribution in [0, 0.1) is 11.8 Å². The van der Waals surface area contributed by atoms with Gasteiger partial charge in [0.2, 0.25) is 6.41 Å². The van der Waals surface area contributed by atoms with Crippen molar-refractivity contribution in [2.24, 2.45) is 11.8 Å². The molecule has 122 valence electrons. The van der Waals surface area contributed by atoms with E-state index in [1.807, 2.05) is 17.0 Å². The van der Waals surface area contributed by atoms with E-state index in [1.54, 1.807) is 18.3 Å². The molecule has 0 radical (unpaired) electrons. The van der Waals surface area contributed by atoms with Gasteiger partial charge >= 0.3 is 0 Å². The van der Waals surface area contributed by atoms with Crippen molar-refractivity contribution >= 4 is 6.41 Å². The number of carbonyl (C=O) groups is 1. The van der Waals surface area contributed by atoms with Crippen LogP contribution in [0.15, 0.2) is 35.4 Å². The van der Waals surface area contributed by atoms with Crippen molar-refractivity contribution in [3.8, 4) is 5.75 Å². The summed E-state index contributed by atoms with van der Waals surface area (Å²) in [5, 5.41) is 0. The topological polar surface area (TPSA) is 29.5 Å². The molecular weight excluding hydrogens is 286 g/mol. The minimum Gasteiger partial charge on any atom is -0.497 e. The van der Waals surface area contributed by atoms with Crippen LogP contribution >= 0.6 is 0 Å². The second-order valence-electron chi connectivity index (χ2n) is 7.19. The molecule has 0 N–H and O–H groups in total. The second kappa shape index (κ2) is 6.03. The maximum Gasteiger partial charge on any atom is 0.210 e. The Morgan fingerprint density at radius 1 is 1.13 bits per heavy atom. The van der Waals surface area contributed by atoms with E-state index < -0.39 is 0 Å². The molecule has 3 heteroatoms. The Labute approximate surface area is 138 Å². The fourth-order valence-electron chi connectivity index (χ4n) is 5.01. The van der Waals surface area contributed by atoms with E-state index in [-0.39, 0.29) is 6.04 Å². The third-order valence-electron chi connectivity index (χ3n) is 6.15. The molecular formula is C20H25NO2. The molecule has 5 rings (SSSR count). The van der Waals surface area contributed by atoms with Gasteiger partial charge in [-0.15, -0.1) is 0 Å². The number of amides is 1. The van der Waals surface area contributed by atoms with Crippen molar-refractivity contribution in [2.45, 2.75) is 44.6 Å². The summed E-state index contributed by atoms with van der Waals surface area (Å²) >= 11 is 0. The van der Waals surface area contributed by atoms with E-state index >= 15 is 0 Å². The molecule has 1 aromatic carbocycles. The number of rotatable bonds is 4. The highest BCUT2D eigenvalue weighted by molar-refractivity contribution is 5.52. The Kier molecular flexibility index (Phi) is 3.88. The fourth-order valence-corrected chi connectivity index (χ4v) is 5.01. The Balaban J connectivity index is 1.65. The van der Waals surface area contributed by atoms with Gasteiger partial charge < -0.3 is 9.64 Å². The van der Waals surface area contributed by atoms with E-state index in [2.05, 4.69) is 12.1 Å².